The van der Waals surface area contributed by atoms with E-state index < -0.39 is 6.43 Å². The first kappa shape index (κ1) is 15.8. The maximum absolute atomic E-state index is 12.4. The Morgan fingerprint density at radius 3 is 2.22 bits per heavy atom. The van der Waals surface area contributed by atoms with Crippen molar-refractivity contribution >= 4 is 0 Å². The summed E-state index contributed by atoms with van der Waals surface area (Å²) in [6, 6.07) is 0.160. The van der Waals surface area contributed by atoms with Crippen molar-refractivity contribution in [3.8, 4) is 0 Å². The predicted octanol–water partition coefficient (Wildman–Crippen LogP) is 1.97. The Bertz CT molecular complexity index is 282. The van der Waals surface area contributed by atoms with Crippen LogP contribution in [-0.2, 0) is 4.74 Å². The zero-order chi connectivity index (χ0) is 14.1. The minimum Gasteiger partial charge on any atom is -0.368 e. The van der Waals surface area contributed by atoms with Crippen molar-refractivity contribution in [2.75, 3.05) is 27.2 Å². The second-order valence-corrected chi connectivity index (χ2v) is 6.29. The molecule has 1 saturated heterocycles. The number of nitrogens with one attached hydrogen (secondary N) is 1. The van der Waals surface area contributed by atoms with Gasteiger partial charge in [0.2, 0.25) is 0 Å². The highest BCUT2D eigenvalue weighted by molar-refractivity contribution is 5.05. The van der Waals surface area contributed by atoms with Crippen molar-refractivity contribution < 1.29 is 13.5 Å². The molecule has 1 aliphatic rings. The summed E-state index contributed by atoms with van der Waals surface area (Å²) in [5.41, 5.74) is -0.595. The zero-order valence-corrected chi connectivity index (χ0v) is 12.3. The van der Waals surface area contributed by atoms with Gasteiger partial charge in [-0.1, -0.05) is 0 Å². The summed E-state index contributed by atoms with van der Waals surface area (Å²) in [6.07, 6.45) is -2.29. The van der Waals surface area contributed by atoms with Crippen molar-refractivity contribution in [3.63, 3.8) is 0 Å². The smallest absolute Gasteiger partial charge is 0.251 e. The monoisotopic (exact) mass is 264 g/mol. The Labute approximate surface area is 109 Å². The van der Waals surface area contributed by atoms with E-state index in [2.05, 4.69) is 5.32 Å². The summed E-state index contributed by atoms with van der Waals surface area (Å²) < 4.78 is 30.9. The lowest BCUT2D eigenvalue weighted by atomic mass is 9.82. The van der Waals surface area contributed by atoms with E-state index in [0.717, 1.165) is 0 Å². The molecule has 0 aliphatic carbocycles. The molecule has 0 aromatic rings. The van der Waals surface area contributed by atoms with E-state index in [-0.39, 0.29) is 29.7 Å². The van der Waals surface area contributed by atoms with Crippen LogP contribution in [0.5, 0.6) is 0 Å². The van der Waals surface area contributed by atoms with Crippen LogP contribution in [0.4, 0.5) is 8.78 Å². The van der Waals surface area contributed by atoms with Gasteiger partial charge in [-0.15, -0.1) is 0 Å². The summed E-state index contributed by atoms with van der Waals surface area (Å²) in [5.74, 6) is 0.182. The van der Waals surface area contributed by atoms with Gasteiger partial charge in [0, 0.05) is 18.5 Å². The van der Waals surface area contributed by atoms with E-state index in [9.17, 15) is 8.78 Å². The number of halogens is 2. The van der Waals surface area contributed by atoms with Crippen molar-refractivity contribution in [3.05, 3.63) is 0 Å². The average Bonchev–Trinajstić information content (AvgIpc) is 2.29. The molecule has 0 amide bonds. The molecule has 0 saturated carbocycles. The molecule has 1 heterocycles. The van der Waals surface area contributed by atoms with Gasteiger partial charge >= 0.3 is 0 Å². The normalized spacial score (nSPS) is 30.3. The molecule has 1 aliphatic heterocycles. The van der Waals surface area contributed by atoms with Crippen LogP contribution in [0, 0.1) is 5.92 Å². The first-order chi connectivity index (χ1) is 8.10. The molecule has 0 aromatic carbocycles. The van der Waals surface area contributed by atoms with Crippen LogP contribution in [0.3, 0.4) is 0 Å². The van der Waals surface area contributed by atoms with Gasteiger partial charge in [-0.25, -0.2) is 8.78 Å². The van der Waals surface area contributed by atoms with Crippen molar-refractivity contribution in [2.45, 2.75) is 51.4 Å². The summed E-state index contributed by atoms with van der Waals surface area (Å²) in [7, 11) is 3.64. The Hall–Kier alpha value is -0.260. The average molecular weight is 264 g/mol. The third-order valence-corrected chi connectivity index (χ3v) is 3.84. The molecule has 2 unspecified atom stereocenters. The maximum atomic E-state index is 12.4. The minimum atomic E-state index is -2.29. The van der Waals surface area contributed by atoms with Crippen molar-refractivity contribution in [1.29, 1.82) is 0 Å². The standard InChI is InChI=1S/C13H26F2N2O/c1-12(2)9(7-17(6)8-10(14)15)11(16-5)13(3,4)18-12/h9-11,16H,7-8H2,1-6H3. The predicted molar refractivity (Wildman–Crippen MR) is 69.1 cm³/mol. The third kappa shape index (κ3) is 3.39. The number of hydrogen-bond acceptors (Lipinski definition) is 3. The zero-order valence-electron chi connectivity index (χ0n) is 12.3. The highest BCUT2D eigenvalue weighted by atomic mass is 19.3. The first-order valence-corrected chi connectivity index (χ1v) is 6.44. The van der Waals surface area contributed by atoms with E-state index in [1.165, 1.54) is 0 Å². The van der Waals surface area contributed by atoms with Crippen LogP contribution in [0.1, 0.15) is 27.7 Å². The molecule has 0 aromatic heterocycles. The molecule has 0 radical (unpaired) electrons. The van der Waals surface area contributed by atoms with Crippen LogP contribution in [0.25, 0.3) is 0 Å². The summed E-state index contributed by atoms with van der Waals surface area (Å²) in [6.45, 7) is 8.57. The lowest BCUT2D eigenvalue weighted by Gasteiger charge is -2.32. The van der Waals surface area contributed by atoms with E-state index in [0.29, 0.717) is 6.54 Å². The van der Waals surface area contributed by atoms with Crippen LogP contribution in [0.2, 0.25) is 0 Å². The molecule has 1 N–H and O–H groups in total. The van der Waals surface area contributed by atoms with Crippen LogP contribution in [0.15, 0.2) is 0 Å². The van der Waals surface area contributed by atoms with Gasteiger partial charge < -0.3 is 15.0 Å². The van der Waals surface area contributed by atoms with Gasteiger partial charge in [-0.3, -0.25) is 0 Å². The van der Waals surface area contributed by atoms with Crippen LogP contribution >= 0.6 is 0 Å². The molecular weight excluding hydrogens is 238 g/mol. The van der Waals surface area contributed by atoms with Crippen LogP contribution < -0.4 is 5.32 Å². The molecule has 18 heavy (non-hydrogen) atoms. The van der Waals surface area contributed by atoms with Crippen LogP contribution in [-0.4, -0.2) is 55.8 Å². The molecular formula is C13H26F2N2O. The number of nitrogens with zero attached hydrogens (tertiary/aromatic N) is 1. The van der Waals surface area contributed by atoms with E-state index >= 15 is 0 Å². The fourth-order valence-corrected chi connectivity index (χ4v) is 3.22. The van der Waals surface area contributed by atoms with Gasteiger partial charge in [0.25, 0.3) is 6.43 Å². The second-order valence-electron chi connectivity index (χ2n) is 6.29. The molecule has 1 rings (SSSR count). The highest BCUT2D eigenvalue weighted by Gasteiger charge is 2.53. The van der Waals surface area contributed by atoms with E-state index in [1.54, 1.807) is 11.9 Å². The fourth-order valence-electron chi connectivity index (χ4n) is 3.22. The quantitative estimate of drug-likeness (QED) is 0.821. The van der Waals surface area contributed by atoms with Crippen molar-refractivity contribution in [2.24, 2.45) is 5.92 Å². The van der Waals surface area contributed by atoms with Gasteiger partial charge in [0.05, 0.1) is 17.7 Å². The summed E-state index contributed by atoms with van der Waals surface area (Å²) >= 11 is 0. The number of rotatable bonds is 5. The second kappa shape index (κ2) is 5.39. The first-order valence-electron chi connectivity index (χ1n) is 6.44. The topological polar surface area (TPSA) is 24.5 Å². The van der Waals surface area contributed by atoms with Crippen molar-refractivity contribution in [1.82, 2.24) is 10.2 Å². The molecule has 2 atom stereocenters. The van der Waals surface area contributed by atoms with Gasteiger partial charge in [-0.05, 0) is 41.8 Å². The molecule has 5 heteroatoms. The van der Waals surface area contributed by atoms with Gasteiger partial charge in [-0.2, -0.15) is 0 Å². The summed E-state index contributed by atoms with van der Waals surface area (Å²) in [4.78, 5) is 1.69. The molecule has 1 fully saturated rings. The number of likely N-dealkylation sites (N-methyl/N-ethyl adjacent to an activating group) is 1. The molecule has 3 nitrogen and oxygen atoms in total. The lowest BCUT2D eigenvalue weighted by molar-refractivity contribution is -0.0796. The van der Waals surface area contributed by atoms with Gasteiger partial charge in [0.1, 0.15) is 0 Å². The largest absolute Gasteiger partial charge is 0.368 e. The molecule has 108 valence electrons. The third-order valence-electron chi connectivity index (χ3n) is 3.84. The Kier molecular flexibility index (Phi) is 4.73. The lowest BCUT2D eigenvalue weighted by Crippen LogP contribution is -2.49. The molecule has 0 spiro atoms. The van der Waals surface area contributed by atoms with E-state index in [1.807, 2.05) is 34.7 Å². The SMILES string of the molecule is CNC1C(CN(C)CC(F)F)C(C)(C)OC1(C)C. The Morgan fingerprint density at radius 2 is 1.78 bits per heavy atom. The number of alkyl halides is 2. The van der Waals surface area contributed by atoms with Gasteiger partial charge in [0.15, 0.2) is 0 Å². The Morgan fingerprint density at radius 1 is 1.22 bits per heavy atom. The number of ether oxygens (including phenoxy) is 1. The fraction of sp³-hybridized carbons (Fsp3) is 1.00. The van der Waals surface area contributed by atoms with E-state index in [4.69, 9.17) is 4.74 Å². The minimum absolute atomic E-state index is 0.160. The highest BCUT2D eigenvalue weighted by Crippen LogP contribution is 2.42. The Balaban J connectivity index is 2.78. The molecule has 0 bridgehead atoms. The summed E-state index contributed by atoms with van der Waals surface area (Å²) in [5, 5.41) is 3.28. The number of hydrogen-bond donors (Lipinski definition) is 1. The maximum Gasteiger partial charge on any atom is 0.251 e.